The van der Waals surface area contributed by atoms with Gasteiger partial charge in [-0.25, -0.2) is 18.1 Å². The van der Waals surface area contributed by atoms with Crippen LogP contribution in [0.3, 0.4) is 0 Å². The van der Waals surface area contributed by atoms with E-state index in [0.29, 0.717) is 10.7 Å². The fourth-order valence-corrected chi connectivity index (χ4v) is 3.78. The predicted octanol–water partition coefficient (Wildman–Crippen LogP) is 3.12. The Labute approximate surface area is 137 Å². The van der Waals surface area contributed by atoms with Crippen molar-refractivity contribution in [2.24, 2.45) is 0 Å². The van der Waals surface area contributed by atoms with Crippen molar-refractivity contribution in [2.45, 2.75) is 11.4 Å². The second-order valence-electron chi connectivity index (χ2n) is 4.60. The summed E-state index contributed by atoms with van der Waals surface area (Å²) in [6, 6.07) is 9.82. The molecule has 22 heavy (non-hydrogen) atoms. The van der Waals surface area contributed by atoms with E-state index in [1.807, 2.05) is 28.8 Å². The number of sulfonamides is 1. The van der Waals surface area contributed by atoms with E-state index in [1.54, 1.807) is 6.20 Å². The van der Waals surface area contributed by atoms with Crippen LogP contribution >= 0.6 is 23.2 Å². The molecule has 8 heteroatoms. The highest BCUT2D eigenvalue weighted by Gasteiger charge is 2.18. The summed E-state index contributed by atoms with van der Waals surface area (Å²) in [5.41, 5.74) is 1.36. The molecular formula is C14H11Cl2N3O2S. The normalized spacial score (nSPS) is 11.9. The van der Waals surface area contributed by atoms with Crippen LogP contribution in [0.15, 0.2) is 53.7 Å². The van der Waals surface area contributed by atoms with Gasteiger partial charge in [0.2, 0.25) is 10.0 Å². The number of hydrogen-bond donors (Lipinski definition) is 1. The van der Waals surface area contributed by atoms with Crippen LogP contribution in [0.4, 0.5) is 0 Å². The zero-order chi connectivity index (χ0) is 15.7. The lowest BCUT2D eigenvalue weighted by Gasteiger charge is -2.07. The summed E-state index contributed by atoms with van der Waals surface area (Å²) in [4.78, 5) is 4.32. The first-order valence-electron chi connectivity index (χ1n) is 6.33. The second kappa shape index (κ2) is 5.89. The van der Waals surface area contributed by atoms with Gasteiger partial charge in [0, 0.05) is 17.4 Å². The highest BCUT2D eigenvalue weighted by molar-refractivity contribution is 7.89. The summed E-state index contributed by atoms with van der Waals surface area (Å²) in [6.07, 6.45) is 3.61. The lowest BCUT2D eigenvalue weighted by Crippen LogP contribution is -2.23. The standard InChI is InChI=1S/C14H11Cl2N3O2S/c15-10-4-5-13(12(16)7-10)22(20,21)17-8-11-9-19-6-2-1-3-14(19)18-11/h1-7,9,17H,8H2. The largest absolute Gasteiger partial charge is 0.307 e. The number of rotatable bonds is 4. The average molecular weight is 356 g/mol. The Morgan fingerprint density at radius 1 is 1.18 bits per heavy atom. The molecule has 0 spiro atoms. The smallest absolute Gasteiger partial charge is 0.242 e. The summed E-state index contributed by atoms with van der Waals surface area (Å²) in [6.45, 7) is 0.0724. The van der Waals surface area contributed by atoms with Crippen LogP contribution in [0.1, 0.15) is 5.69 Å². The molecule has 0 aliphatic carbocycles. The van der Waals surface area contributed by atoms with E-state index >= 15 is 0 Å². The second-order valence-corrected chi connectivity index (χ2v) is 7.18. The Bertz CT molecular complexity index is 905. The third-order valence-corrected chi connectivity index (χ3v) is 5.16. The summed E-state index contributed by atoms with van der Waals surface area (Å²) < 4.78 is 28.9. The van der Waals surface area contributed by atoms with Gasteiger partial charge < -0.3 is 4.40 Å². The van der Waals surface area contributed by atoms with Gasteiger partial charge >= 0.3 is 0 Å². The van der Waals surface area contributed by atoms with Crippen LogP contribution in [0.5, 0.6) is 0 Å². The Hall–Kier alpha value is -1.60. The number of nitrogens with zero attached hydrogens (tertiary/aromatic N) is 2. The van der Waals surface area contributed by atoms with E-state index in [9.17, 15) is 8.42 Å². The molecule has 0 bridgehead atoms. The van der Waals surface area contributed by atoms with Crippen LogP contribution in [0.2, 0.25) is 10.0 Å². The molecule has 0 saturated carbocycles. The van der Waals surface area contributed by atoms with E-state index in [4.69, 9.17) is 23.2 Å². The summed E-state index contributed by atoms with van der Waals surface area (Å²) >= 11 is 11.7. The van der Waals surface area contributed by atoms with Crippen molar-refractivity contribution in [3.8, 4) is 0 Å². The van der Waals surface area contributed by atoms with E-state index in [2.05, 4.69) is 9.71 Å². The maximum absolute atomic E-state index is 12.3. The van der Waals surface area contributed by atoms with Crippen LogP contribution in [0.25, 0.3) is 5.65 Å². The van der Waals surface area contributed by atoms with E-state index in [0.717, 1.165) is 5.65 Å². The molecule has 3 aromatic rings. The quantitative estimate of drug-likeness (QED) is 0.781. The van der Waals surface area contributed by atoms with Crippen LogP contribution in [0, 0.1) is 0 Å². The molecule has 0 amide bonds. The highest BCUT2D eigenvalue weighted by Crippen LogP contribution is 2.24. The van der Waals surface area contributed by atoms with Crippen LogP contribution in [-0.4, -0.2) is 17.8 Å². The number of imidazole rings is 1. The molecule has 114 valence electrons. The number of aromatic nitrogens is 2. The van der Waals surface area contributed by atoms with E-state index < -0.39 is 10.0 Å². The topological polar surface area (TPSA) is 63.5 Å². The van der Waals surface area contributed by atoms with Gasteiger partial charge in [0.1, 0.15) is 10.5 Å². The van der Waals surface area contributed by atoms with E-state index in [1.165, 1.54) is 18.2 Å². The molecule has 5 nitrogen and oxygen atoms in total. The summed E-state index contributed by atoms with van der Waals surface area (Å²) in [5, 5.41) is 0.458. The monoisotopic (exact) mass is 355 g/mol. The number of pyridine rings is 1. The van der Waals surface area contributed by atoms with Crippen molar-refractivity contribution < 1.29 is 8.42 Å². The molecule has 1 aromatic carbocycles. The molecule has 2 aromatic heterocycles. The Morgan fingerprint density at radius 2 is 2.00 bits per heavy atom. The van der Waals surface area contributed by atoms with Gasteiger partial charge in [-0.1, -0.05) is 29.3 Å². The number of halogens is 2. The Balaban J connectivity index is 1.82. The minimum Gasteiger partial charge on any atom is -0.307 e. The first kappa shape index (κ1) is 15.3. The molecule has 0 radical (unpaired) electrons. The van der Waals surface area contributed by atoms with E-state index in [-0.39, 0.29) is 16.5 Å². The molecule has 0 saturated heterocycles. The van der Waals surface area contributed by atoms with Gasteiger partial charge in [-0.3, -0.25) is 0 Å². The zero-order valence-corrected chi connectivity index (χ0v) is 13.5. The molecule has 2 heterocycles. The molecular weight excluding hydrogens is 345 g/mol. The molecule has 1 N–H and O–H groups in total. The lowest BCUT2D eigenvalue weighted by molar-refractivity contribution is 0.580. The first-order chi connectivity index (χ1) is 10.5. The van der Waals surface area contributed by atoms with Crippen molar-refractivity contribution >= 4 is 38.9 Å². The molecule has 0 aliphatic heterocycles. The van der Waals surface area contributed by atoms with Crippen molar-refractivity contribution in [3.63, 3.8) is 0 Å². The van der Waals surface area contributed by atoms with Crippen molar-refractivity contribution in [1.29, 1.82) is 0 Å². The molecule has 0 atom stereocenters. The summed E-state index contributed by atoms with van der Waals surface area (Å²) in [7, 11) is -3.73. The molecule has 3 rings (SSSR count). The van der Waals surface area contributed by atoms with Crippen molar-refractivity contribution in [1.82, 2.24) is 14.1 Å². The average Bonchev–Trinajstić information content (AvgIpc) is 2.87. The predicted molar refractivity (Wildman–Crippen MR) is 85.7 cm³/mol. The van der Waals surface area contributed by atoms with Gasteiger partial charge in [0.15, 0.2) is 0 Å². The highest BCUT2D eigenvalue weighted by atomic mass is 35.5. The fourth-order valence-electron chi connectivity index (χ4n) is 2.01. The van der Waals surface area contributed by atoms with Gasteiger partial charge in [0.05, 0.1) is 17.3 Å². The van der Waals surface area contributed by atoms with Crippen molar-refractivity contribution in [3.05, 3.63) is 64.5 Å². The third kappa shape index (κ3) is 3.10. The maximum Gasteiger partial charge on any atom is 0.242 e. The minimum atomic E-state index is -3.73. The fraction of sp³-hybridized carbons (Fsp3) is 0.0714. The van der Waals surface area contributed by atoms with Crippen LogP contribution < -0.4 is 4.72 Å². The minimum absolute atomic E-state index is 0.0117. The maximum atomic E-state index is 12.3. The number of hydrogen-bond acceptors (Lipinski definition) is 3. The molecule has 0 fully saturated rings. The Morgan fingerprint density at radius 3 is 2.73 bits per heavy atom. The Kier molecular flexibility index (Phi) is 4.10. The van der Waals surface area contributed by atoms with Gasteiger partial charge in [0.25, 0.3) is 0 Å². The van der Waals surface area contributed by atoms with Gasteiger partial charge in [-0.2, -0.15) is 0 Å². The number of fused-ring (bicyclic) bond motifs is 1. The molecule has 0 unspecified atom stereocenters. The van der Waals surface area contributed by atoms with Crippen LogP contribution in [-0.2, 0) is 16.6 Å². The van der Waals surface area contributed by atoms with Gasteiger partial charge in [-0.15, -0.1) is 0 Å². The SMILES string of the molecule is O=S(=O)(NCc1cn2ccccc2n1)c1ccc(Cl)cc1Cl. The molecule has 0 aliphatic rings. The lowest BCUT2D eigenvalue weighted by atomic mass is 10.4. The summed E-state index contributed by atoms with van der Waals surface area (Å²) in [5.74, 6) is 0. The van der Waals surface area contributed by atoms with Crippen molar-refractivity contribution in [2.75, 3.05) is 0 Å². The third-order valence-electron chi connectivity index (χ3n) is 3.04. The number of nitrogens with one attached hydrogen (secondary N) is 1. The first-order valence-corrected chi connectivity index (χ1v) is 8.57. The van der Waals surface area contributed by atoms with Gasteiger partial charge in [-0.05, 0) is 30.3 Å². The number of benzene rings is 1. The zero-order valence-electron chi connectivity index (χ0n) is 11.2.